The molecule has 0 aromatic heterocycles. The lowest BCUT2D eigenvalue weighted by Crippen LogP contribution is -2.37. The van der Waals surface area contributed by atoms with Crippen molar-refractivity contribution in [2.75, 3.05) is 7.05 Å². The standard InChI is InChI=1S/C17H24F3N/c1-12-4-3-5-14(10-12)16(21-2)11-13-6-8-15(9-7-13)17(18,19)20/h6-9,12,14,16,21H,3-5,10-11H2,1-2H3. The molecular formula is C17H24F3N. The van der Waals surface area contributed by atoms with Gasteiger partial charge in [-0.3, -0.25) is 0 Å². The van der Waals surface area contributed by atoms with Crippen LogP contribution in [0, 0.1) is 11.8 Å². The second-order valence-electron chi connectivity index (χ2n) is 6.33. The van der Waals surface area contributed by atoms with Crippen molar-refractivity contribution in [3.63, 3.8) is 0 Å². The predicted octanol–water partition coefficient (Wildman–Crippen LogP) is 4.66. The number of nitrogens with one attached hydrogen (secondary N) is 1. The molecule has 0 saturated heterocycles. The van der Waals surface area contributed by atoms with Crippen LogP contribution in [0.1, 0.15) is 43.7 Å². The first-order valence-corrected chi connectivity index (χ1v) is 7.73. The minimum absolute atomic E-state index is 0.351. The van der Waals surface area contributed by atoms with Crippen LogP contribution < -0.4 is 5.32 Å². The molecule has 1 nitrogen and oxygen atoms in total. The summed E-state index contributed by atoms with van der Waals surface area (Å²) in [6.45, 7) is 2.29. The molecule has 118 valence electrons. The van der Waals surface area contributed by atoms with E-state index in [1.165, 1.54) is 37.8 Å². The highest BCUT2D eigenvalue weighted by Gasteiger charge is 2.30. The lowest BCUT2D eigenvalue weighted by Gasteiger charge is -2.33. The van der Waals surface area contributed by atoms with Crippen LogP contribution >= 0.6 is 0 Å². The van der Waals surface area contributed by atoms with Gasteiger partial charge < -0.3 is 5.32 Å². The molecule has 3 atom stereocenters. The zero-order valence-electron chi connectivity index (χ0n) is 12.7. The van der Waals surface area contributed by atoms with Gasteiger partial charge in [-0.25, -0.2) is 0 Å². The van der Waals surface area contributed by atoms with Crippen LogP contribution in [0.25, 0.3) is 0 Å². The maximum absolute atomic E-state index is 12.6. The van der Waals surface area contributed by atoms with Gasteiger partial charge in [0.1, 0.15) is 0 Å². The molecule has 0 amide bonds. The number of alkyl halides is 3. The van der Waals surface area contributed by atoms with Gasteiger partial charge in [0.15, 0.2) is 0 Å². The maximum atomic E-state index is 12.6. The Morgan fingerprint density at radius 3 is 2.38 bits per heavy atom. The zero-order valence-corrected chi connectivity index (χ0v) is 12.7. The van der Waals surface area contributed by atoms with Crippen LogP contribution in [-0.4, -0.2) is 13.1 Å². The normalized spacial score (nSPS) is 24.8. The number of rotatable bonds is 4. The lowest BCUT2D eigenvalue weighted by molar-refractivity contribution is -0.137. The molecule has 4 heteroatoms. The van der Waals surface area contributed by atoms with Crippen LogP contribution in [0.4, 0.5) is 13.2 Å². The van der Waals surface area contributed by atoms with Crippen LogP contribution in [0.2, 0.25) is 0 Å². The average molecular weight is 299 g/mol. The minimum atomic E-state index is -4.25. The van der Waals surface area contributed by atoms with Crippen LogP contribution in [0.15, 0.2) is 24.3 Å². The largest absolute Gasteiger partial charge is 0.416 e. The fraction of sp³-hybridized carbons (Fsp3) is 0.647. The second-order valence-corrected chi connectivity index (χ2v) is 6.33. The second kappa shape index (κ2) is 6.82. The number of likely N-dealkylation sites (N-methyl/N-ethyl adjacent to an activating group) is 1. The Balaban J connectivity index is 2.01. The summed E-state index contributed by atoms with van der Waals surface area (Å²) in [6.07, 6.45) is 1.54. The first kappa shape index (κ1) is 16.3. The molecule has 1 aromatic carbocycles. The Bertz CT molecular complexity index is 438. The van der Waals surface area contributed by atoms with E-state index in [0.717, 1.165) is 17.9 Å². The smallest absolute Gasteiger partial charge is 0.316 e. The average Bonchev–Trinajstić information content (AvgIpc) is 2.44. The van der Waals surface area contributed by atoms with E-state index in [1.807, 2.05) is 7.05 Å². The Morgan fingerprint density at radius 2 is 1.86 bits per heavy atom. The summed E-state index contributed by atoms with van der Waals surface area (Å²) in [5, 5.41) is 3.36. The number of benzene rings is 1. The van der Waals surface area contributed by atoms with Gasteiger partial charge in [0, 0.05) is 6.04 Å². The number of hydrogen-bond acceptors (Lipinski definition) is 1. The molecule has 1 aromatic rings. The quantitative estimate of drug-likeness (QED) is 0.852. The number of hydrogen-bond donors (Lipinski definition) is 1. The van der Waals surface area contributed by atoms with E-state index in [9.17, 15) is 13.2 Å². The van der Waals surface area contributed by atoms with Crippen molar-refractivity contribution in [2.24, 2.45) is 11.8 Å². The summed E-state index contributed by atoms with van der Waals surface area (Å²) in [6, 6.07) is 5.94. The minimum Gasteiger partial charge on any atom is -0.316 e. The van der Waals surface area contributed by atoms with E-state index in [2.05, 4.69) is 12.2 Å². The van der Waals surface area contributed by atoms with E-state index >= 15 is 0 Å². The summed E-state index contributed by atoms with van der Waals surface area (Å²) < 4.78 is 37.7. The van der Waals surface area contributed by atoms with Crippen LogP contribution in [-0.2, 0) is 12.6 Å². The fourth-order valence-corrected chi connectivity index (χ4v) is 3.43. The molecule has 1 aliphatic rings. The third kappa shape index (κ3) is 4.47. The summed E-state index contributed by atoms with van der Waals surface area (Å²) in [5.41, 5.74) is 0.402. The first-order chi connectivity index (χ1) is 9.90. The molecular weight excluding hydrogens is 275 g/mol. The van der Waals surface area contributed by atoms with Gasteiger partial charge in [0.25, 0.3) is 0 Å². The Labute approximate surface area is 124 Å². The molecule has 1 saturated carbocycles. The van der Waals surface area contributed by atoms with Crippen molar-refractivity contribution in [2.45, 2.75) is 51.2 Å². The van der Waals surface area contributed by atoms with Gasteiger partial charge in [-0.05, 0) is 55.8 Å². The molecule has 0 aliphatic heterocycles. The Hall–Kier alpha value is -1.03. The van der Waals surface area contributed by atoms with E-state index in [0.29, 0.717) is 12.0 Å². The van der Waals surface area contributed by atoms with Crippen molar-refractivity contribution in [3.05, 3.63) is 35.4 Å². The van der Waals surface area contributed by atoms with Gasteiger partial charge in [-0.15, -0.1) is 0 Å². The van der Waals surface area contributed by atoms with Crippen LogP contribution in [0.5, 0.6) is 0 Å². The highest BCUT2D eigenvalue weighted by Crippen LogP contribution is 2.32. The highest BCUT2D eigenvalue weighted by molar-refractivity contribution is 5.25. The molecule has 2 rings (SSSR count). The van der Waals surface area contributed by atoms with Crippen molar-refractivity contribution in [3.8, 4) is 0 Å². The Kier molecular flexibility index (Phi) is 5.31. The van der Waals surface area contributed by atoms with Gasteiger partial charge in [-0.2, -0.15) is 13.2 Å². The third-order valence-electron chi connectivity index (χ3n) is 4.65. The lowest BCUT2D eigenvalue weighted by atomic mass is 9.77. The Morgan fingerprint density at radius 1 is 1.19 bits per heavy atom. The van der Waals surface area contributed by atoms with E-state index in [1.54, 1.807) is 12.1 Å². The molecule has 1 fully saturated rings. The summed E-state index contributed by atoms with van der Waals surface area (Å²) in [4.78, 5) is 0. The summed E-state index contributed by atoms with van der Waals surface area (Å²) in [5.74, 6) is 1.38. The van der Waals surface area contributed by atoms with E-state index in [4.69, 9.17) is 0 Å². The van der Waals surface area contributed by atoms with Crippen molar-refractivity contribution in [1.82, 2.24) is 5.32 Å². The molecule has 1 N–H and O–H groups in total. The summed E-state index contributed by atoms with van der Waals surface area (Å²) in [7, 11) is 1.95. The summed E-state index contributed by atoms with van der Waals surface area (Å²) >= 11 is 0. The molecule has 1 aliphatic carbocycles. The van der Waals surface area contributed by atoms with Gasteiger partial charge in [0.05, 0.1) is 5.56 Å². The topological polar surface area (TPSA) is 12.0 Å². The molecule has 0 heterocycles. The van der Waals surface area contributed by atoms with Crippen molar-refractivity contribution >= 4 is 0 Å². The van der Waals surface area contributed by atoms with Crippen molar-refractivity contribution < 1.29 is 13.2 Å². The molecule has 0 spiro atoms. The van der Waals surface area contributed by atoms with Gasteiger partial charge in [0.2, 0.25) is 0 Å². The molecule has 3 unspecified atom stereocenters. The van der Waals surface area contributed by atoms with Gasteiger partial charge >= 0.3 is 6.18 Å². The monoisotopic (exact) mass is 299 g/mol. The third-order valence-corrected chi connectivity index (χ3v) is 4.65. The SMILES string of the molecule is CNC(Cc1ccc(C(F)(F)F)cc1)C1CCCC(C)C1. The van der Waals surface area contributed by atoms with E-state index in [-0.39, 0.29) is 0 Å². The fourth-order valence-electron chi connectivity index (χ4n) is 3.43. The predicted molar refractivity (Wildman–Crippen MR) is 79.1 cm³/mol. The maximum Gasteiger partial charge on any atom is 0.416 e. The van der Waals surface area contributed by atoms with Crippen molar-refractivity contribution in [1.29, 1.82) is 0 Å². The molecule has 0 radical (unpaired) electrons. The highest BCUT2D eigenvalue weighted by atomic mass is 19.4. The molecule has 21 heavy (non-hydrogen) atoms. The first-order valence-electron chi connectivity index (χ1n) is 7.73. The number of halogens is 3. The zero-order chi connectivity index (χ0) is 15.5. The van der Waals surface area contributed by atoms with E-state index < -0.39 is 11.7 Å². The molecule has 0 bridgehead atoms. The van der Waals surface area contributed by atoms with Gasteiger partial charge in [-0.1, -0.05) is 31.9 Å². The van der Waals surface area contributed by atoms with Crippen LogP contribution in [0.3, 0.4) is 0 Å².